The highest BCUT2D eigenvalue weighted by Crippen LogP contribution is 2.37. The minimum absolute atomic E-state index is 0.105. The number of carbonyl (C=O) groups excluding carboxylic acids is 1. The van der Waals surface area contributed by atoms with Gasteiger partial charge in [-0.25, -0.2) is 9.79 Å². The Bertz CT molecular complexity index is 946. The summed E-state index contributed by atoms with van der Waals surface area (Å²) < 4.78 is 16.5. The second-order valence-electron chi connectivity index (χ2n) is 5.18. The minimum atomic E-state index is -0.524. The van der Waals surface area contributed by atoms with Crippen LogP contribution in [0.25, 0.3) is 6.08 Å². The summed E-state index contributed by atoms with van der Waals surface area (Å²) in [5.74, 6) is 0.587. The molecule has 1 aliphatic rings. The predicted octanol–water partition coefficient (Wildman–Crippen LogP) is 3.70. The van der Waals surface area contributed by atoms with Gasteiger partial charge in [-0.1, -0.05) is 18.2 Å². The van der Waals surface area contributed by atoms with Crippen molar-refractivity contribution in [1.82, 2.24) is 0 Å². The van der Waals surface area contributed by atoms with Crippen LogP contribution in [0.1, 0.15) is 11.1 Å². The summed E-state index contributed by atoms with van der Waals surface area (Å²) in [6.07, 6.45) is 1.60. The molecule has 0 unspecified atom stereocenters. The number of rotatable bonds is 5. The summed E-state index contributed by atoms with van der Waals surface area (Å²) >= 11 is 3.39. The number of hydrogen-bond acceptors (Lipinski definition) is 6. The molecular formula is C19H13BrN2O4. The van der Waals surface area contributed by atoms with Gasteiger partial charge in [0.15, 0.2) is 23.8 Å². The number of hydrogen-bond donors (Lipinski definition) is 0. The molecule has 0 atom stereocenters. The van der Waals surface area contributed by atoms with Crippen molar-refractivity contribution in [2.45, 2.75) is 0 Å². The first-order chi connectivity index (χ1) is 12.6. The first kappa shape index (κ1) is 17.7. The number of nitrogens with zero attached hydrogens (tertiary/aromatic N) is 2. The molecule has 7 heteroatoms. The largest absolute Gasteiger partial charge is 0.493 e. The first-order valence-electron chi connectivity index (χ1n) is 7.57. The van der Waals surface area contributed by atoms with Gasteiger partial charge in [-0.15, -0.1) is 0 Å². The van der Waals surface area contributed by atoms with Gasteiger partial charge < -0.3 is 14.2 Å². The van der Waals surface area contributed by atoms with E-state index in [2.05, 4.69) is 20.9 Å². The number of halogens is 1. The van der Waals surface area contributed by atoms with Crippen LogP contribution >= 0.6 is 15.9 Å². The second kappa shape index (κ2) is 7.85. The van der Waals surface area contributed by atoms with Crippen LogP contribution in [-0.2, 0) is 9.53 Å². The topological polar surface area (TPSA) is 80.9 Å². The maximum absolute atomic E-state index is 12.1. The summed E-state index contributed by atoms with van der Waals surface area (Å²) in [6.45, 7) is -0.105. The molecule has 3 rings (SSSR count). The molecule has 0 aromatic heterocycles. The number of aliphatic imine (C=N–C) groups is 1. The van der Waals surface area contributed by atoms with Crippen molar-refractivity contribution in [3.63, 3.8) is 0 Å². The molecule has 1 heterocycles. The van der Waals surface area contributed by atoms with E-state index in [-0.39, 0.29) is 18.2 Å². The molecule has 130 valence electrons. The summed E-state index contributed by atoms with van der Waals surface area (Å²) in [5.41, 5.74) is 1.58. The quantitative estimate of drug-likeness (QED) is 0.552. The van der Waals surface area contributed by atoms with Crippen molar-refractivity contribution < 1.29 is 19.0 Å². The molecule has 6 nitrogen and oxygen atoms in total. The lowest BCUT2D eigenvalue weighted by Crippen LogP contribution is -2.05. The van der Waals surface area contributed by atoms with Gasteiger partial charge in [0.1, 0.15) is 6.07 Å². The zero-order chi connectivity index (χ0) is 18.5. The molecule has 0 radical (unpaired) electrons. The van der Waals surface area contributed by atoms with E-state index in [0.29, 0.717) is 21.5 Å². The second-order valence-corrected chi connectivity index (χ2v) is 6.04. The Morgan fingerprint density at radius 3 is 2.77 bits per heavy atom. The molecule has 0 aliphatic carbocycles. The van der Waals surface area contributed by atoms with Gasteiger partial charge >= 0.3 is 5.97 Å². The van der Waals surface area contributed by atoms with Gasteiger partial charge in [0.2, 0.25) is 5.90 Å². The number of benzene rings is 2. The van der Waals surface area contributed by atoms with Crippen LogP contribution in [0.3, 0.4) is 0 Å². The van der Waals surface area contributed by atoms with Gasteiger partial charge in [-0.2, -0.15) is 5.26 Å². The fourth-order valence-electron chi connectivity index (χ4n) is 2.34. The third-order valence-corrected chi connectivity index (χ3v) is 4.07. The van der Waals surface area contributed by atoms with Crippen LogP contribution in [0, 0.1) is 11.3 Å². The van der Waals surface area contributed by atoms with E-state index in [4.69, 9.17) is 19.5 Å². The summed E-state index contributed by atoms with van der Waals surface area (Å²) in [7, 11) is 1.49. The van der Waals surface area contributed by atoms with E-state index < -0.39 is 5.97 Å². The summed E-state index contributed by atoms with van der Waals surface area (Å²) in [6, 6.07) is 14.5. The average molecular weight is 413 g/mol. The van der Waals surface area contributed by atoms with E-state index >= 15 is 0 Å². The van der Waals surface area contributed by atoms with Gasteiger partial charge in [-0.3, -0.25) is 0 Å². The normalized spacial score (nSPS) is 14.6. The number of methoxy groups -OCH3 is 1. The lowest BCUT2D eigenvalue weighted by atomic mass is 10.1. The van der Waals surface area contributed by atoms with Crippen molar-refractivity contribution in [2.75, 3.05) is 13.7 Å². The van der Waals surface area contributed by atoms with E-state index in [1.165, 1.54) is 7.11 Å². The minimum Gasteiger partial charge on any atom is -0.493 e. The molecule has 1 aliphatic heterocycles. The third-order valence-electron chi connectivity index (χ3n) is 3.48. The van der Waals surface area contributed by atoms with Crippen molar-refractivity contribution in [1.29, 1.82) is 5.26 Å². The van der Waals surface area contributed by atoms with Crippen molar-refractivity contribution in [2.24, 2.45) is 4.99 Å². The fraction of sp³-hybridized carbons (Fsp3) is 0.105. The van der Waals surface area contributed by atoms with E-state index in [9.17, 15) is 4.79 Å². The standard InChI is InChI=1S/C19H13BrN2O4/c1-24-16-11-12(9-14(20)17(16)25-8-7-21)10-15-19(23)26-18(22-15)13-5-3-2-4-6-13/h2-6,9-11H,8H2,1H3/b15-10+. The highest BCUT2D eigenvalue weighted by atomic mass is 79.9. The molecule has 0 saturated heterocycles. The molecule has 26 heavy (non-hydrogen) atoms. The summed E-state index contributed by atoms with van der Waals surface area (Å²) in [5, 5.41) is 8.67. The Kier molecular flexibility index (Phi) is 5.34. The number of carbonyl (C=O) groups is 1. The average Bonchev–Trinajstić information content (AvgIpc) is 3.02. The van der Waals surface area contributed by atoms with Crippen molar-refractivity contribution >= 4 is 33.9 Å². The van der Waals surface area contributed by atoms with Crippen LogP contribution in [0.4, 0.5) is 0 Å². The van der Waals surface area contributed by atoms with E-state index in [1.54, 1.807) is 18.2 Å². The maximum Gasteiger partial charge on any atom is 0.363 e. The van der Waals surface area contributed by atoms with Crippen LogP contribution in [0.5, 0.6) is 11.5 Å². The van der Waals surface area contributed by atoms with Crippen molar-refractivity contribution in [3.8, 4) is 17.6 Å². The molecule has 0 N–H and O–H groups in total. The molecule has 0 bridgehead atoms. The van der Waals surface area contributed by atoms with Gasteiger partial charge in [0, 0.05) is 5.56 Å². The molecule has 2 aromatic rings. The first-order valence-corrected chi connectivity index (χ1v) is 8.37. The number of cyclic esters (lactones) is 1. The predicted molar refractivity (Wildman–Crippen MR) is 98.9 cm³/mol. The molecule has 0 saturated carbocycles. The number of ether oxygens (including phenoxy) is 3. The van der Waals surface area contributed by atoms with Gasteiger partial charge in [0.25, 0.3) is 0 Å². The van der Waals surface area contributed by atoms with Crippen LogP contribution in [0.2, 0.25) is 0 Å². The van der Waals surface area contributed by atoms with Crippen LogP contribution in [0.15, 0.2) is 57.6 Å². The molecule has 0 amide bonds. The Morgan fingerprint density at radius 2 is 2.08 bits per heavy atom. The van der Waals surface area contributed by atoms with E-state index in [1.807, 2.05) is 36.4 Å². The molecule has 0 fully saturated rings. The Balaban J connectivity index is 1.94. The van der Waals surface area contributed by atoms with E-state index in [0.717, 1.165) is 5.56 Å². The smallest absolute Gasteiger partial charge is 0.363 e. The van der Waals surface area contributed by atoms with Crippen molar-refractivity contribution in [3.05, 3.63) is 63.8 Å². The SMILES string of the molecule is COc1cc(/C=C2/N=C(c3ccccc3)OC2=O)cc(Br)c1OCC#N. The third kappa shape index (κ3) is 3.76. The van der Waals surface area contributed by atoms with Crippen LogP contribution < -0.4 is 9.47 Å². The fourth-order valence-corrected chi connectivity index (χ4v) is 2.91. The lowest BCUT2D eigenvalue weighted by Gasteiger charge is -2.11. The Labute approximate surface area is 158 Å². The Hall–Kier alpha value is -3.11. The van der Waals surface area contributed by atoms with Gasteiger partial charge in [0.05, 0.1) is 11.6 Å². The van der Waals surface area contributed by atoms with Gasteiger partial charge in [-0.05, 0) is 51.8 Å². The zero-order valence-corrected chi connectivity index (χ0v) is 15.3. The Morgan fingerprint density at radius 1 is 1.31 bits per heavy atom. The highest BCUT2D eigenvalue weighted by Gasteiger charge is 2.24. The lowest BCUT2D eigenvalue weighted by molar-refractivity contribution is -0.129. The summed E-state index contributed by atoms with van der Waals surface area (Å²) in [4.78, 5) is 16.4. The molecule has 2 aromatic carbocycles. The number of nitriles is 1. The molecular weight excluding hydrogens is 400 g/mol. The zero-order valence-electron chi connectivity index (χ0n) is 13.7. The number of esters is 1. The van der Waals surface area contributed by atoms with Crippen LogP contribution in [-0.4, -0.2) is 25.6 Å². The monoisotopic (exact) mass is 412 g/mol. The maximum atomic E-state index is 12.1. The highest BCUT2D eigenvalue weighted by molar-refractivity contribution is 9.10. The molecule has 0 spiro atoms.